The maximum Gasteiger partial charge on any atom is 0.246 e. The number of imidazole rings is 2. The van der Waals surface area contributed by atoms with Crippen LogP contribution in [0.5, 0.6) is 0 Å². The zero-order valence-electron chi connectivity index (χ0n) is 73.7. The number of para-hydroxylation sites is 1. The highest BCUT2D eigenvalue weighted by Gasteiger charge is 2.44. The van der Waals surface area contributed by atoms with Crippen molar-refractivity contribution in [1.82, 2.24) is 108 Å². The Balaban J connectivity index is 1.28. The second-order valence-corrected chi connectivity index (χ2v) is 33.5. The van der Waals surface area contributed by atoms with Gasteiger partial charge in [0.25, 0.3) is 0 Å². The number of hydrogen-bond donors (Lipinski definition) is 20. The molecule has 44 heteroatoms. The number of hydrogen-bond acceptors (Lipinski definition) is 23. The number of thioether (sulfide) groups is 1. The van der Waals surface area contributed by atoms with Gasteiger partial charge in [-0.25, -0.2) is 9.97 Å². The highest BCUT2D eigenvalue weighted by atomic mass is 32.2. The Hall–Kier alpha value is -12.6. The number of nitrogens with one attached hydrogen (secondary N) is 15. The van der Waals surface area contributed by atoms with Crippen molar-refractivity contribution in [3.8, 4) is 0 Å². The van der Waals surface area contributed by atoms with Gasteiger partial charge >= 0.3 is 0 Å². The molecule has 23 N–H and O–H groups in total. The summed E-state index contributed by atoms with van der Waals surface area (Å²) in [6.45, 7) is 6.05. The molecule has 2 fully saturated rings. The van der Waals surface area contributed by atoms with Gasteiger partial charge in [-0.15, -0.1) is 11.8 Å². The molecule has 0 radical (unpaired) electrons. The van der Waals surface area contributed by atoms with E-state index in [1.54, 1.807) is 74.6 Å². The predicted octanol–water partition coefficient (Wildman–Crippen LogP) is -4.10. The van der Waals surface area contributed by atoms with E-state index in [9.17, 15) is 72.5 Å². The molecule has 16 amide bonds. The van der Waals surface area contributed by atoms with Gasteiger partial charge < -0.3 is 120 Å². The number of primary amides is 2. The van der Waals surface area contributed by atoms with Crippen molar-refractivity contribution in [2.75, 3.05) is 72.5 Å². The number of amides is 16. The number of guanidine groups is 1. The number of benzene rings is 2. The van der Waals surface area contributed by atoms with Crippen LogP contribution in [0, 0.1) is 11.3 Å². The number of aromatic nitrogens is 5. The highest BCUT2D eigenvalue weighted by Crippen LogP contribution is 2.25. The molecule has 0 spiro atoms. The van der Waals surface area contributed by atoms with E-state index in [-0.39, 0.29) is 95.3 Å². The zero-order valence-corrected chi connectivity index (χ0v) is 74.5. The summed E-state index contributed by atoms with van der Waals surface area (Å²) in [6.07, 6.45) is 5.32. The first kappa shape index (κ1) is 102. The molecule has 43 nitrogen and oxygen atoms in total. The quantitative estimate of drug-likeness (QED) is 0.0142. The second kappa shape index (κ2) is 50.7. The van der Waals surface area contributed by atoms with Crippen LogP contribution < -0.4 is 75.7 Å². The summed E-state index contributed by atoms with van der Waals surface area (Å²) in [5.41, 5.74) is 19.1. The summed E-state index contributed by atoms with van der Waals surface area (Å²) in [5, 5.41) is 61.1. The summed E-state index contributed by atoms with van der Waals surface area (Å²) in [6, 6.07) is -3.70. The van der Waals surface area contributed by atoms with E-state index in [0.29, 0.717) is 53.4 Å². The first-order chi connectivity index (χ1) is 60.9. The van der Waals surface area contributed by atoms with Crippen molar-refractivity contribution >= 4 is 123 Å². The summed E-state index contributed by atoms with van der Waals surface area (Å²) in [5.74, 6) is -15.9. The van der Waals surface area contributed by atoms with Gasteiger partial charge in [-0.1, -0.05) is 102 Å². The fourth-order valence-corrected chi connectivity index (χ4v) is 15.9. The fraction of sp³-hybridized carbons (Fsp3) is 0.560. The number of aromatic amines is 3. The van der Waals surface area contributed by atoms with Gasteiger partial charge in [0.2, 0.25) is 94.5 Å². The lowest BCUT2D eigenvalue weighted by molar-refractivity contribution is -0.149. The van der Waals surface area contributed by atoms with E-state index in [1.807, 2.05) is 13.8 Å². The van der Waals surface area contributed by atoms with E-state index in [0.717, 1.165) is 26.5 Å². The summed E-state index contributed by atoms with van der Waals surface area (Å²) in [7, 11) is 5.27. The lowest BCUT2D eigenvalue weighted by Crippen LogP contribution is -2.62. The Labute approximate surface area is 746 Å². The highest BCUT2D eigenvalue weighted by molar-refractivity contribution is 8.00. The SMILES string of the molecule is CCCC[C@H]1C(=O)N(C)[C@@H](CCCC)C(=O)N[C@@H](CCCNC(=N)N)C(=O)N[C@H](C(=O)NCC(N)=O)CSCC(=O)N[C@@H](Cc2ccccc2)C(=O)N(C)[C@@H](C)C(=O)N[C@@H](CC(N)=O)C(=O)N2CCC[C@H]2C(=O)N[C@@H](Cc2cnc[nH]2)C(=O)N[C@@H](CC(C)C)C(=O)N(C)CC(=O)N[C@@H](Cc2c[nH]cn2)C(=O)N[C@@H](CO)C(O)N[C@@H](Cc2c[nH]c3ccccc23)C(=O)N1C. The molecule has 2 aliphatic heterocycles. The number of aliphatic hydroxyl groups excluding tert-OH is 2. The van der Waals surface area contributed by atoms with Gasteiger partial charge in [-0.2, -0.15) is 0 Å². The van der Waals surface area contributed by atoms with Gasteiger partial charge in [0.1, 0.15) is 72.7 Å². The van der Waals surface area contributed by atoms with Gasteiger partial charge in [0, 0.05) is 101 Å². The summed E-state index contributed by atoms with van der Waals surface area (Å²) >= 11 is 0.797. The molecule has 7 rings (SSSR count). The topological polar surface area (TPSA) is 637 Å². The first-order valence-electron chi connectivity index (χ1n) is 42.8. The van der Waals surface area contributed by atoms with Crippen LogP contribution in [0.2, 0.25) is 0 Å². The molecule has 0 bridgehead atoms. The standard InChI is InChI=1S/C84H125N25O18S/c1-10-12-26-64-77(121)98-55(25-19-29-91-84(87)88)73(117)104-63(72(116)93-40-68(86)112)43-128-44-70(114)97-59(32-49-21-15-14-16-22-49)80(124)106(7)48(5)71(115)100-61(36-67(85)111)82(126)109-30-20-28-65(109)78(122)99-57(35-52-39-90-46-95-52)75(119)101-58(31-47(3)4)79(123)105(6)41-69(113)96-56(34-51-38-89-45-94-51)74(118)103-62(42-110)76(120)102-60(33-50-37-92-54-24-18-17-23-53(50)54)81(125)108(9)66(27-13-11-2)83(127)107(64)8/h14-18,21-24,37-39,45-48,55-66,76,92,102,110,120H,10-13,19-20,25-36,40-44H2,1-9H3,(H2,85,111)(H2,86,112)(H,89,94)(H,90,95)(H,93,116)(H,96,113)(H,97,114)(H,98,121)(H,99,122)(H,100,115)(H,101,119)(H,103,118)(H,104,117)(H4,87,88,91)/t48-,55-,56-,57-,58-,59-,60-,61-,62-,63-,64-,65-,66-,76?/m0/s1. The molecular weight excluding hydrogens is 1680 g/mol. The van der Waals surface area contributed by atoms with Crippen molar-refractivity contribution in [1.29, 1.82) is 5.41 Å². The van der Waals surface area contributed by atoms with Gasteiger partial charge in [0.15, 0.2) is 5.96 Å². The number of unbranched alkanes of at least 4 members (excludes halogenated alkanes) is 2. The number of likely N-dealkylation sites (N-methyl/N-ethyl adjacent to an activating group) is 4. The Morgan fingerprint density at radius 1 is 0.609 bits per heavy atom. The number of H-pyrrole nitrogens is 3. The lowest BCUT2D eigenvalue weighted by atomic mass is 10.00. The number of rotatable bonds is 26. The number of aliphatic hydroxyl groups is 2. The molecule has 2 saturated heterocycles. The van der Waals surface area contributed by atoms with E-state index in [4.69, 9.17) is 22.6 Å². The van der Waals surface area contributed by atoms with Crippen LogP contribution >= 0.6 is 11.8 Å². The third kappa shape index (κ3) is 30.9. The second-order valence-electron chi connectivity index (χ2n) is 32.5. The normalized spacial score (nSPS) is 24.5. The van der Waals surface area contributed by atoms with Crippen LogP contribution in [0.1, 0.15) is 134 Å². The number of carbonyl (C=O) groups is 16. The van der Waals surface area contributed by atoms with E-state index in [2.05, 4.69) is 83.4 Å². The lowest BCUT2D eigenvalue weighted by Gasteiger charge is -2.37. The van der Waals surface area contributed by atoms with Crippen LogP contribution in [0.3, 0.4) is 0 Å². The Kier molecular flexibility index (Phi) is 40.6. The molecule has 14 atom stereocenters. The minimum absolute atomic E-state index is 0.00693. The monoisotopic (exact) mass is 1800 g/mol. The molecule has 2 aliphatic rings. The third-order valence-electron chi connectivity index (χ3n) is 22.2. The number of fused-ring (bicyclic) bond motifs is 2. The molecule has 128 heavy (non-hydrogen) atoms. The molecular formula is C84H125N25O18S. The maximum atomic E-state index is 15.6. The number of nitrogens with two attached hydrogens (primary N) is 3. The average Bonchev–Trinajstić information content (AvgIpc) is 1.46. The molecule has 3 aromatic heterocycles. The molecule has 0 saturated carbocycles. The minimum atomic E-state index is -1.98. The maximum absolute atomic E-state index is 15.6. The largest absolute Gasteiger partial charge is 0.394 e. The Morgan fingerprint density at radius 2 is 1.24 bits per heavy atom. The van der Waals surface area contributed by atoms with Crippen LogP contribution in [0.4, 0.5) is 0 Å². The summed E-state index contributed by atoms with van der Waals surface area (Å²) < 4.78 is 0. The van der Waals surface area contributed by atoms with Crippen LogP contribution in [-0.4, -0.2) is 317 Å². The third-order valence-corrected chi connectivity index (χ3v) is 23.2. The van der Waals surface area contributed by atoms with Crippen molar-refractivity contribution in [2.45, 2.75) is 222 Å². The van der Waals surface area contributed by atoms with E-state index < -0.39 is 223 Å². The van der Waals surface area contributed by atoms with Crippen LogP contribution in [0.15, 0.2) is 85.8 Å². The Bertz CT molecular complexity index is 4620. The first-order valence-corrected chi connectivity index (χ1v) is 43.9. The summed E-state index contributed by atoms with van der Waals surface area (Å²) in [4.78, 5) is 255. The van der Waals surface area contributed by atoms with Crippen LogP contribution in [-0.2, 0) is 102 Å². The fourth-order valence-electron chi connectivity index (χ4n) is 15.0. The Morgan fingerprint density at radius 3 is 1.89 bits per heavy atom. The smallest absolute Gasteiger partial charge is 0.246 e. The number of nitrogens with zero attached hydrogens (tertiary/aromatic N) is 7. The van der Waals surface area contributed by atoms with Gasteiger partial charge in [-0.05, 0) is 81.4 Å². The average molecular weight is 1810 g/mol. The van der Waals surface area contributed by atoms with Crippen molar-refractivity contribution < 1.29 is 86.9 Å². The predicted molar refractivity (Wildman–Crippen MR) is 471 cm³/mol. The zero-order chi connectivity index (χ0) is 94.0. The molecule has 0 aliphatic carbocycles. The molecule has 1 unspecified atom stereocenters. The van der Waals surface area contributed by atoms with Gasteiger partial charge in [0.05, 0.1) is 62.3 Å². The molecule has 5 heterocycles. The van der Waals surface area contributed by atoms with Crippen molar-refractivity contribution in [3.63, 3.8) is 0 Å². The molecule has 700 valence electrons. The van der Waals surface area contributed by atoms with E-state index in [1.165, 1.54) is 70.0 Å². The van der Waals surface area contributed by atoms with Crippen molar-refractivity contribution in [3.05, 3.63) is 108 Å². The molecule has 5 aromatic rings. The number of carbonyl (C=O) groups excluding carboxylic acids is 16. The van der Waals surface area contributed by atoms with Crippen LogP contribution in [0.25, 0.3) is 10.9 Å². The minimum Gasteiger partial charge on any atom is -0.394 e. The van der Waals surface area contributed by atoms with Crippen molar-refractivity contribution in [2.24, 2.45) is 23.1 Å². The van der Waals surface area contributed by atoms with Gasteiger partial charge in [-0.3, -0.25) is 87.4 Å². The molecule has 2 aromatic carbocycles. The van der Waals surface area contributed by atoms with E-state index >= 15 is 14.4 Å².